The van der Waals surface area contributed by atoms with Crippen LogP contribution in [0.1, 0.15) is 6.92 Å². The lowest BCUT2D eigenvalue weighted by Gasteiger charge is -2.47. The molecule has 1 heterocycles. The lowest BCUT2D eigenvalue weighted by molar-refractivity contribution is -0.0154. The van der Waals surface area contributed by atoms with Gasteiger partial charge in [-0.2, -0.15) is 0 Å². The van der Waals surface area contributed by atoms with Crippen LogP contribution in [-0.2, 0) is 4.74 Å². The fourth-order valence-corrected chi connectivity index (χ4v) is 1.91. The third kappa shape index (κ3) is 1.06. The van der Waals surface area contributed by atoms with E-state index in [1.165, 1.54) is 0 Å². The Kier molecular flexibility index (Phi) is 1.48. The minimum absolute atomic E-state index is 0.576. The van der Waals surface area contributed by atoms with Gasteiger partial charge < -0.3 is 4.74 Å². The molecule has 0 radical (unpaired) electrons. The maximum Gasteiger partial charge on any atom is 0.0560 e. The second kappa shape index (κ2) is 1.83. The fraction of sp³-hybridized carbons (Fsp3) is 1.00. The van der Waals surface area contributed by atoms with Crippen LogP contribution in [0, 0.1) is 0 Å². The Morgan fingerprint density at radius 2 is 1.67 bits per heavy atom. The van der Waals surface area contributed by atoms with Crippen LogP contribution in [0.3, 0.4) is 0 Å². The summed E-state index contributed by atoms with van der Waals surface area (Å²) in [6.45, 7) is 11.6. The molecule has 0 atom stereocenters. The van der Waals surface area contributed by atoms with E-state index in [2.05, 4.69) is 26.6 Å². The molecular formula is C7H16OSi. The van der Waals surface area contributed by atoms with Crippen LogP contribution in [-0.4, -0.2) is 21.3 Å². The van der Waals surface area contributed by atoms with Gasteiger partial charge in [-0.25, -0.2) is 0 Å². The van der Waals surface area contributed by atoms with E-state index in [0.717, 1.165) is 13.2 Å². The molecule has 0 spiro atoms. The second-order valence-electron chi connectivity index (χ2n) is 4.30. The van der Waals surface area contributed by atoms with Crippen LogP contribution in [0.5, 0.6) is 0 Å². The van der Waals surface area contributed by atoms with Crippen molar-refractivity contribution >= 4 is 8.07 Å². The quantitative estimate of drug-likeness (QED) is 0.512. The summed E-state index contributed by atoms with van der Waals surface area (Å²) in [5, 5.41) is 0.576. The molecule has 0 bridgehead atoms. The van der Waals surface area contributed by atoms with Gasteiger partial charge in [0.1, 0.15) is 0 Å². The molecule has 1 saturated heterocycles. The third-order valence-electron chi connectivity index (χ3n) is 2.65. The van der Waals surface area contributed by atoms with Crippen LogP contribution < -0.4 is 0 Å². The topological polar surface area (TPSA) is 9.23 Å². The van der Waals surface area contributed by atoms with Crippen LogP contribution in [0.2, 0.25) is 24.7 Å². The zero-order valence-corrected chi connectivity index (χ0v) is 7.82. The van der Waals surface area contributed by atoms with E-state index in [4.69, 9.17) is 4.74 Å². The summed E-state index contributed by atoms with van der Waals surface area (Å²) in [4.78, 5) is 0. The van der Waals surface area contributed by atoms with Crippen LogP contribution in [0.15, 0.2) is 0 Å². The maximum atomic E-state index is 5.20. The first-order valence-electron chi connectivity index (χ1n) is 3.53. The average molecular weight is 144 g/mol. The Hall–Kier alpha value is 0.177. The molecule has 0 amide bonds. The highest BCUT2D eigenvalue weighted by molar-refractivity contribution is 6.79. The van der Waals surface area contributed by atoms with Gasteiger partial charge in [0, 0.05) is 5.04 Å². The Bertz CT molecular complexity index is 111. The minimum Gasteiger partial charge on any atom is -0.381 e. The standard InChI is InChI=1S/C7H16OSi/c1-7(5-8-6-7)9(2,3)4/h5-6H2,1-4H3. The SMILES string of the molecule is CC1([Si](C)(C)C)COC1. The van der Waals surface area contributed by atoms with Gasteiger partial charge >= 0.3 is 0 Å². The highest BCUT2D eigenvalue weighted by atomic mass is 28.3. The van der Waals surface area contributed by atoms with Gasteiger partial charge in [0.25, 0.3) is 0 Å². The first kappa shape index (κ1) is 7.29. The zero-order chi connectivity index (χ0) is 7.12. The summed E-state index contributed by atoms with van der Waals surface area (Å²) in [5.41, 5.74) is 0. The smallest absolute Gasteiger partial charge is 0.0560 e. The summed E-state index contributed by atoms with van der Waals surface area (Å²) in [5.74, 6) is 0. The Morgan fingerprint density at radius 3 is 1.67 bits per heavy atom. The fourth-order valence-electron chi connectivity index (χ4n) is 0.841. The molecular weight excluding hydrogens is 128 g/mol. The van der Waals surface area contributed by atoms with E-state index in [1.807, 2.05) is 0 Å². The van der Waals surface area contributed by atoms with Gasteiger partial charge in [-0.3, -0.25) is 0 Å². The minimum atomic E-state index is -0.923. The van der Waals surface area contributed by atoms with E-state index >= 15 is 0 Å². The molecule has 0 aliphatic carbocycles. The van der Waals surface area contributed by atoms with Crippen molar-refractivity contribution in [1.29, 1.82) is 0 Å². The summed E-state index contributed by atoms with van der Waals surface area (Å²) in [6.07, 6.45) is 0. The molecule has 1 aliphatic heterocycles. The van der Waals surface area contributed by atoms with Crippen LogP contribution in [0.4, 0.5) is 0 Å². The van der Waals surface area contributed by atoms with Gasteiger partial charge in [-0.05, 0) is 0 Å². The molecule has 2 heteroatoms. The summed E-state index contributed by atoms with van der Waals surface area (Å²) >= 11 is 0. The van der Waals surface area contributed by atoms with E-state index in [0.29, 0.717) is 5.04 Å². The number of hydrogen-bond acceptors (Lipinski definition) is 1. The van der Waals surface area contributed by atoms with Gasteiger partial charge in [0.05, 0.1) is 21.3 Å². The van der Waals surface area contributed by atoms with Gasteiger partial charge in [-0.15, -0.1) is 0 Å². The van der Waals surface area contributed by atoms with E-state index in [1.54, 1.807) is 0 Å². The van der Waals surface area contributed by atoms with Crippen molar-refractivity contribution in [2.24, 2.45) is 0 Å². The van der Waals surface area contributed by atoms with Crippen molar-refractivity contribution < 1.29 is 4.74 Å². The van der Waals surface area contributed by atoms with Crippen LogP contribution >= 0.6 is 0 Å². The first-order chi connectivity index (χ1) is 3.96. The molecule has 0 unspecified atom stereocenters. The number of hydrogen-bond donors (Lipinski definition) is 0. The van der Waals surface area contributed by atoms with Crippen molar-refractivity contribution in [2.75, 3.05) is 13.2 Å². The second-order valence-corrected chi connectivity index (χ2v) is 10.0. The molecule has 0 N–H and O–H groups in total. The van der Waals surface area contributed by atoms with Gasteiger partial charge in [0.15, 0.2) is 0 Å². The summed E-state index contributed by atoms with van der Waals surface area (Å²) in [6, 6.07) is 0. The number of ether oxygens (including phenoxy) is 1. The normalized spacial score (nSPS) is 25.3. The maximum absolute atomic E-state index is 5.20. The first-order valence-corrected chi connectivity index (χ1v) is 7.03. The van der Waals surface area contributed by atoms with Gasteiger partial charge in [-0.1, -0.05) is 26.6 Å². The van der Waals surface area contributed by atoms with Gasteiger partial charge in [0.2, 0.25) is 0 Å². The molecule has 1 nitrogen and oxygen atoms in total. The Balaban J connectivity index is 2.59. The van der Waals surface area contributed by atoms with Crippen molar-refractivity contribution in [3.8, 4) is 0 Å². The molecule has 9 heavy (non-hydrogen) atoms. The Morgan fingerprint density at radius 1 is 1.22 bits per heavy atom. The van der Waals surface area contributed by atoms with Crippen LogP contribution in [0.25, 0.3) is 0 Å². The lowest BCUT2D eigenvalue weighted by atomic mass is 10.1. The predicted octanol–water partition coefficient (Wildman–Crippen LogP) is 2.12. The molecule has 1 rings (SSSR count). The molecule has 1 fully saturated rings. The third-order valence-corrected chi connectivity index (χ3v) is 6.56. The van der Waals surface area contributed by atoms with E-state index in [9.17, 15) is 0 Å². The summed E-state index contributed by atoms with van der Waals surface area (Å²) in [7, 11) is -0.923. The summed E-state index contributed by atoms with van der Waals surface area (Å²) < 4.78 is 5.20. The Labute approximate surface area is 58.4 Å². The number of rotatable bonds is 1. The molecule has 0 aromatic rings. The molecule has 0 aromatic carbocycles. The van der Waals surface area contributed by atoms with Crippen molar-refractivity contribution in [2.45, 2.75) is 31.6 Å². The lowest BCUT2D eigenvalue weighted by Crippen LogP contribution is -2.50. The van der Waals surface area contributed by atoms with E-state index in [-0.39, 0.29) is 0 Å². The highest BCUT2D eigenvalue weighted by Crippen LogP contribution is 2.43. The van der Waals surface area contributed by atoms with Crippen molar-refractivity contribution in [3.05, 3.63) is 0 Å². The predicted molar refractivity (Wildman–Crippen MR) is 42.5 cm³/mol. The largest absolute Gasteiger partial charge is 0.381 e. The highest BCUT2D eigenvalue weighted by Gasteiger charge is 2.44. The zero-order valence-electron chi connectivity index (χ0n) is 6.82. The van der Waals surface area contributed by atoms with Crippen molar-refractivity contribution in [1.82, 2.24) is 0 Å². The molecule has 54 valence electrons. The molecule has 0 saturated carbocycles. The van der Waals surface area contributed by atoms with E-state index < -0.39 is 8.07 Å². The monoisotopic (exact) mass is 144 g/mol. The average Bonchev–Trinajstić information content (AvgIpc) is 1.57. The molecule has 0 aromatic heterocycles. The molecule has 1 aliphatic rings. The van der Waals surface area contributed by atoms with Crippen molar-refractivity contribution in [3.63, 3.8) is 0 Å².